The molecular weight excluding hydrogens is 444 g/mol. The average molecular weight is 467 g/mol. The highest BCUT2D eigenvalue weighted by Gasteiger charge is 2.04. The van der Waals surface area contributed by atoms with Gasteiger partial charge in [-0.25, -0.2) is 9.37 Å². The van der Waals surface area contributed by atoms with Gasteiger partial charge in [-0.3, -0.25) is 4.99 Å². The summed E-state index contributed by atoms with van der Waals surface area (Å²) < 4.78 is 13.6. The van der Waals surface area contributed by atoms with Crippen LogP contribution in [0.25, 0.3) is 11.0 Å². The molecule has 0 saturated carbocycles. The lowest BCUT2D eigenvalue weighted by molar-refractivity contribution is 0.615. The van der Waals surface area contributed by atoms with Gasteiger partial charge in [-0.05, 0) is 36.2 Å². The summed E-state index contributed by atoms with van der Waals surface area (Å²) in [5.74, 6) is 1.42. The third-order valence-corrected chi connectivity index (χ3v) is 4.01. The molecule has 138 valence electrons. The van der Waals surface area contributed by atoms with E-state index in [2.05, 4.69) is 25.6 Å². The predicted molar refractivity (Wildman–Crippen MR) is 115 cm³/mol. The van der Waals surface area contributed by atoms with Crippen molar-refractivity contribution in [1.29, 1.82) is 0 Å². The number of hydrogen-bond donors (Lipinski definition) is 3. The fourth-order valence-corrected chi connectivity index (χ4v) is 2.58. The Hall–Kier alpha value is -2.16. The van der Waals surface area contributed by atoms with Crippen LogP contribution in [0.5, 0.6) is 0 Å². The summed E-state index contributed by atoms with van der Waals surface area (Å²) in [6, 6.07) is 13.2. The number of nitrogens with zero attached hydrogens (tertiary/aromatic N) is 2. The second-order valence-corrected chi connectivity index (χ2v) is 5.89. The van der Waals surface area contributed by atoms with Crippen molar-refractivity contribution in [1.82, 2.24) is 20.6 Å². The molecule has 0 atom stereocenters. The molecule has 1 aromatic heterocycles. The molecule has 0 saturated heterocycles. The van der Waals surface area contributed by atoms with Crippen LogP contribution in [0, 0.1) is 12.7 Å². The van der Waals surface area contributed by atoms with E-state index in [1.165, 1.54) is 0 Å². The van der Waals surface area contributed by atoms with E-state index in [9.17, 15) is 4.39 Å². The first kappa shape index (κ1) is 20.2. The van der Waals surface area contributed by atoms with Gasteiger partial charge in [0.2, 0.25) is 0 Å². The van der Waals surface area contributed by atoms with Crippen LogP contribution in [0.3, 0.4) is 0 Å². The molecule has 0 amide bonds. The maximum atomic E-state index is 13.6. The van der Waals surface area contributed by atoms with Crippen LogP contribution in [0.2, 0.25) is 0 Å². The van der Waals surface area contributed by atoms with E-state index < -0.39 is 0 Å². The van der Waals surface area contributed by atoms with Crippen molar-refractivity contribution in [2.75, 3.05) is 13.6 Å². The highest BCUT2D eigenvalue weighted by atomic mass is 127. The van der Waals surface area contributed by atoms with E-state index in [1.54, 1.807) is 26.1 Å². The number of aryl methyl sites for hydroxylation is 1. The molecular formula is C19H23FIN5. The van der Waals surface area contributed by atoms with Gasteiger partial charge in [-0.2, -0.15) is 0 Å². The first-order valence-corrected chi connectivity index (χ1v) is 8.29. The Morgan fingerprint density at radius 1 is 1.19 bits per heavy atom. The SMILES string of the molecule is CN=C(NCCc1nc2ccccc2[nH]1)NCc1ccc(C)c(F)c1.I. The van der Waals surface area contributed by atoms with Gasteiger partial charge in [0.1, 0.15) is 11.6 Å². The van der Waals surface area contributed by atoms with Crippen molar-refractivity contribution in [3.05, 3.63) is 65.2 Å². The standard InChI is InChI=1S/C19H22FN5.HI/c1-13-7-8-14(11-15(13)20)12-23-19(21-2)22-10-9-18-24-16-5-3-4-6-17(16)25-18;/h3-8,11H,9-10,12H2,1-2H3,(H,24,25)(H2,21,22,23);1H. The summed E-state index contributed by atoms with van der Waals surface area (Å²) in [5, 5.41) is 6.43. The van der Waals surface area contributed by atoms with Crippen molar-refractivity contribution in [3.8, 4) is 0 Å². The molecule has 26 heavy (non-hydrogen) atoms. The molecule has 0 unspecified atom stereocenters. The molecule has 0 spiro atoms. The van der Waals surface area contributed by atoms with Crippen LogP contribution in [-0.4, -0.2) is 29.5 Å². The molecule has 3 N–H and O–H groups in total. The maximum Gasteiger partial charge on any atom is 0.191 e. The summed E-state index contributed by atoms with van der Waals surface area (Å²) in [6.45, 7) is 2.97. The van der Waals surface area contributed by atoms with Gasteiger partial charge >= 0.3 is 0 Å². The Balaban J connectivity index is 0.00000243. The monoisotopic (exact) mass is 467 g/mol. The number of aromatic nitrogens is 2. The van der Waals surface area contributed by atoms with Crippen molar-refractivity contribution in [2.45, 2.75) is 19.9 Å². The van der Waals surface area contributed by atoms with Crippen LogP contribution < -0.4 is 10.6 Å². The molecule has 2 aromatic carbocycles. The predicted octanol–water partition coefficient (Wildman–Crippen LogP) is 3.54. The lowest BCUT2D eigenvalue weighted by Crippen LogP contribution is -2.38. The number of hydrogen-bond acceptors (Lipinski definition) is 2. The minimum atomic E-state index is -0.188. The van der Waals surface area contributed by atoms with E-state index in [0.29, 0.717) is 24.6 Å². The van der Waals surface area contributed by atoms with Crippen molar-refractivity contribution < 1.29 is 4.39 Å². The summed E-state index contributed by atoms with van der Waals surface area (Å²) in [7, 11) is 1.71. The fraction of sp³-hybridized carbons (Fsp3) is 0.263. The van der Waals surface area contributed by atoms with Gasteiger partial charge in [0.05, 0.1) is 11.0 Å². The highest BCUT2D eigenvalue weighted by molar-refractivity contribution is 14.0. The Bertz CT molecular complexity index is 858. The molecule has 3 aromatic rings. The zero-order valence-electron chi connectivity index (χ0n) is 14.8. The topological polar surface area (TPSA) is 65.1 Å². The number of aliphatic imine (C=N–C) groups is 1. The van der Waals surface area contributed by atoms with E-state index in [1.807, 2.05) is 30.3 Å². The van der Waals surface area contributed by atoms with E-state index in [4.69, 9.17) is 0 Å². The average Bonchev–Trinajstić information content (AvgIpc) is 3.03. The number of H-pyrrole nitrogens is 1. The largest absolute Gasteiger partial charge is 0.356 e. The van der Waals surface area contributed by atoms with E-state index >= 15 is 0 Å². The van der Waals surface area contributed by atoms with Gasteiger partial charge in [0.15, 0.2) is 5.96 Å². The van der Waals surface area contributed by atoms with Gasteiger partial charge in [0.25, 0.3) is 0 Å². The molecule has 0 radical (unpaired) electrons. The van der Waals surface area contributed by atoms with Gasteiger partial charge in [-0.1, -0.05) is 24.3 Å². The minimum absolute atomic E-state index is 0. The van der Waals surface area contributed by atoms with Crippen molar-refractivity contribution in [2.24, 2.45) is 4.99 Å². The van der Waals surface area contributed by atoms with Gasteiger partial charge < -0.3 is 15.6 Å². The van der Waals surface area contributed by atoms with E-state index in [-0.39, 0.29) is 29.8 Å². The number of aromatic amines is 1. The number of benzene rings is 2. The molecule has 0 aliphatic rings. The first-order chi connectivity index (χ1) is 12.2. The van der Waals surface area contributed by atoms with Crippen LogP contribution in [0.1, 0.15) is 17.0 Å². The molecule has 0 fully saturated rings. The quantitative estimate of drug-likeness (QED) is 0.306. The van der Waals surface area contributed by atoms with Crippen molar-refractivity contribution >= 4 is 41.0 Å². The summed E-state index contributed by atoms with van der Waals surface area (Å²) in [5.41, 5.74) is 3.54. The normalized spacial score (nSPS) is 11.3. The van der Waals surface area contributed by atoms with Crippen LogP contribution in [-0.2, 0) is 13.0 Å². The number of para-hydroxylation sites is 2. The molecule has 5 nitrogen and oxygen atoms in total. The number of halogens is 2. The summed E-state index contributed by atoms with van der Waals surface area (Å²) >= 11 is 0. The number of nitrogens with one attached hydrogen (secondary N) is 3. The molecule has 7 heteroatoms. The number of guanidine groups is 1. The van der Waals surface area contributed by atoms with Crippen LogP contribution >= 0.6 is 24.0 Å². The first-order valence-electron chi connectivity index (χ1n) is 8.29. The van der Waals surface area contributed by atoms with Crippen LogP contribution in [0.15, 0.2) is 47.5 Å². The highest BCUT2D eigenvalue weighted by Crippen LogP contribution is 2.10. The number of fused-ring (bicyclic) bond motifs is 1. The molecule has 1 heterocycles. The van der Waals surface area contributed by atoms with Gasteiger partial charge in [0, 0.05) is 26.6 Å². The lowest BCUT2D eigenvalue weighted by atomic mass is 10.1. The smallest absolute Gasteiger partial charge is 0.191 e. The van der Waals surface area contributed by atoms with Gasteiger partial charge in [-0.15, -0.1) is 24.0 Å². The van der Waals surface area contributed by atoms with E-state index in [0.717, 1.165) is 28.8 Å². The third-order valence-electron chi connectivity index (χ3n) is 4.01. The van der Waals surface area contributed by atoms with Crippen molar-refractivity contribution in [3.63, 3.8) is 0 Å². The zero-order valence-corrected chi connectivity index (χ0v) is 17.2. The molecule has 3 rings (SSSR count). The molecule has 0 aliphatic carbocycles. The lowest BCUT2D eigenvalue weighted by Gasteiger charge is -2.11. The Labute approximate surface area is 169 Å². The Morgan fingerprint density at radius 3 is 2.73 bits per heavy atom. The third kappa shape index (κ3) is 5.17. The number of imidazole rings is 1. The maximum absolute atomic E-state index is 13.6. The summed E-state index contributed by atoms with van der Waals surface area (Å²) in [6.07, 6.45) is 0.758. The second-order valence-electron chi connectivity index (χ2n) is 5.89. The molecule has 0 aliphatic heterocycles. The zero-order chi connectivity index (χ0) is 17.6. The number of rotatable bonds is 5. The fourth-order valence-electron chi connectivity index (χ4n) is 2.58. The minimum Gasteiger partial charge on any atom is -0.356 e. The Morgan fingerprint density at radius 2 is 2.00 bits per heavy atom. The molecule has 0 bridgehead atoms. The second kappa shape index (κ2) is 9.51. The summed E-state index contributed by atoms with van der Waals surface area (Å²) in [4.78, 5) is 12.0. The van der Waals surface area contributed by atoms with Crippen LogP contribution in [0.4, 0.5) is 4.39 Å². The Kier molecular flexibility index (Phi) is 7.38.